The zero-order valence-electron chi connectivity index (χ0n) is 16.3. The van der Waals surface area contributed by atoms with E-state index in [9.17, 15) is 9.90 Å². The van der Waals surface area contributed by atoms with Crippen LogP contribution < -0.4 is 0 Å². The lowest BCUT2D eigenvalue weighted by Gasteiger charge is -2.18. The molecule has 0 bridgehead atoms. The topological polar surface area (TPSA) is 102 Å². The maximum absolute atomic E-state index is 11.8. The van der Waals surface area contributed by atoms with Crippen LogP contribution in [0.2, 0.25) is 0 Å². The average Bonchev–Trinajstić information content (AvgIpc) is 3.22. The molecule has 29 heavy (non-hydrogen) atoms. The number of aliphatic hydroxyl groups is 1. The Morgan fingerprint density at radius 3 is 2.76 bits per heavy atom. The number of ether oxygens (including phenoxy) is 1. The number of hydrogen-bond donors (Lipinski definition) is 3. The van der Waals surface area contributed by atoms with Crippen molar-refractivity contribution in [3.05, 3.63) is 70.7 Å². The molecule has 4 rings (SSSR count). The first-order valence-corrected chi connectivity index (χ1v) is 9.45. The van der Waals surface area contributed by atoms with Gasteiger partial charge in [-0.2, -0.15) is 0 Å². The molecular weight excluding hydrogens is 368 g/mol. The molecule has 0 saturated carbocycles. The highest BCUT2D eigenvalue weighted by molar-refractivity contribution is 6.23. The number of esters is 1. The molecule has 0 unspecified atom stereocenters. The van der Waals surface area contributed by atoms with Gasteiger partial charge >= 0.3 is 5.97 Å². The van der Waals surface area contributed by atoms with E-state index in [1.54, 1.807) is 24.0 Å². The number of aliphatic hydroxyl groups excluding tert-OH is 1. The lowest BCUT2D eigenvalue weighted by molar-refractivity contribution is 0.0526. The number of aromatic nitrogens is 2. The summed E-state index contributed by atoms with van der Waals surface area (Å²) in [5.74, 6) is 0.476. The monoisotopic (exact) mass is 390 g/mol. The summed E-state index contributed by atoms with van der Waals surface area (Å²) in [5.41, 5.74) is 4.62. The van der Waals surface area contributed by atoms with Crippen LogP contribution in [0.1, 0.15) is 34.2 Å². The molecule has 0 fully saturated rings. The number of hydrogen-bond acceptors (Lipinski definition) is 5. The van der Waals surface area contributed by atoms with Gasteiger partial charge in [-0.05, 0) is 49.2 Å². The van der Waals surface area contributed by atoms with Gasteiger partial charge in [0, 0.05) is 6.54 Å². The fourth-order valence-electron chi connectivity index (χ4n) is 3.44. The van der Waals surface area contributed by atoms with Crippen molar-refractivity contribution in [1.29, 1.82) is 5.41 Å². The Balaban J connectivity index is 1.52. The highest BCUT2D eigenvalue weighted by atomic mass is 16.5. The van der Waals surface area contributed by atoms with Crippen LogP contribution in [0.3, 0.4) is 0 Å². The third kappa shape index (κ3) is 3.59. The lowest BCUT2D eigenvalue weighted by Crippen LogP contribution is -2.26. The van der Waals surface area contributed by atoms with Crippen LogP contribution >= 0.6 is 0 Å². The van der Waals surface area contributed by atoms with Gasteiger partial charge < -0.3 is 19.7 Å². The molecule has 7 heteroatoms. The Bertz CT molecular complexity index is 1130. The largest absolute Gasteiger partial charge is 0.510 e. The Labute approximate surface area is 168 Å². The highest BCUT2D eigenvalue weighted by Crippen LogP contribution is 2.28. The molecule has 0 aliphatic carbocycles. The molecule has 0 spiro atoms. The molecule has 0 amide bonds. The summed E-state index contributed by atoms with van der Waals surface area (Å²) in [7, 11) is 0. The molecular formula is C22H22N4O3. The third-order valence-electron chi connectivity index (χ3n) is 4.89. The molecule has 0 atom stereocenters. The Morgan fingerprint density at radius 2 is 2.03 bits per heavy atom. The number of H-pyrrole nitrogens is 1. The van der Waals surface area contributed by atoms with Crippen molar-refractivity contribution < 1.29 is 14.6 Å². The molecule has 7 nitrogen and oxygen atoms in total. The predicted molar refractivity (Wildman–Crippen MR) is 111 cm³/mol. The van der Waals surface area contributed by atoms with E-state index in [-0.39, 0.29) is 24.1 Å². The van der Waals surface area contributed by atoms with E-state index >= 15 is 0 Å². The second-order valence-electron chi connectivity index (χ2n) is 7.05. The first-order valence-electron chi connectivity index (χ1n) is 9.45. The molecule has 1 aliphatic heterocycles. The predicted octanol–water partition coefficient (Wildman–Crippen LogP) is 3.81. The quantitative estimate of drug-likeness (QED) is 0.575. The lowest BCUT2D eigenvalue weighted by atomic mass is 10.1. The Morgan fingerprint density at radius 1 is 1.28 bits per heavy atom. The van der Waals surface area contributed by atoms with Crippen molar-refractivity contribution in [3.63, 3.8) is 0 Å². The van der Waals surface area contributed by atoms with Crippen molar-refractivity contribution in [2.45, 2.75) is 20.4 Å². The van der Waals surface area contributed by atoms with Gasteiger partial charge in [-0.3, -0.25) is 5.41 Å². The van der Waals surface area contributed by atoms with Gasteiger partial charge in [0.25, 0.3) is 0 Å². The summed E-state index contributed by atoms with van der Waals surface area (Å²) < 4.78 is 4.99. The molecule has 148 valence electrons. The van der Waals surface area contributed by atoms with Crippen LogP contribution in [0.25, 0.3) is 16.6 Å². The number of aryl methyl sites for hydroxylation is 1. The van der Waals surface area contributed by atoms with Crippen LogP contribution in [-0.2, 0) is 11.3 Å². The van der Waals surface area contributed by atoms with Gasteiger partial charge in [0.2, 0.25) is 0 Å². The number of nitrogens with zero attached hydrogens (tertiary/aromatic N) is 2. The number of rotatable bonds is 5. The van der Waals surface area contributed by atoms with Crippen molar-refractivity contribution in [2.24, 2.45) is 0 Å². The zero-order chi connectivity index (χ0) is 20.5. The molecule has 3 N–H and O–H groups in total. The van der Waals surface area contributed by atoms with Gasteiger partial charge in [-0.25, -0.2) is 9.78 Å². The van der Waals surface area contributed by atoms with Gasteiger partial charge in [-0.1, -0.05) is 18.2 Å². The summed E-state index contributed by atoms with van der Waals surface area (Å²) >= 11 is 0. The number of carbonyl (C=O) groups is 1. The van der Waals surface area contributed by atoms with Crippen LogP contribution in [0.5, 0.6) is 0 Å². The van der Waals surface area contributed by atoms with Crippen molar-refractivity contribution in [3.8, 4) is 0 Å². The second-order valence-corrected chi connectivity index (χ2v) is 7.05. The minimum Gasteiger partial charge on any atom is -0.510 e. The molecule has 0 saturated heterocycles. The van der Waals surface area contributed by atoms with E-state index in [0.29, 0.717) is 30.1 Å². The minimum atomic E-state index is -0.352. The van der Waals surface area contributed by atoms with E-state index in [0.717, 1.165) is 22.2 Å². The zero-order valence-corrected chi connectivity index (χ0v) is 16.3. The van der Waals surface area contributed by atoms with Crippen LogP contribution in [0, 0.1) is 12.3 Å². The van der Waals surface area contributed by atoms with Crippen molar-refractivity contribution in [1.82, 2.24) is 14.9 Å². The number of aromatic amines is 1. The summed E-state index contributed by atoms with van der Waals surface area (Å²) in [4.78, 5) is 21.3. The fourth-order valence-corrected chi connectivity index (χ4v) is 3.44. The number of benzene rings is 2. The van der Waals surface area contributed by atoms with E-state index in [2.05, 4.69) is 9.97 Å². The number of fused-ring (bicyclic) bond motifs is 1. The maximum Gasteiger partial charge on any atom is 0.338 e. The molecule has 2 aromatic carbocycles. The Hall–Kier alpha value is -3.61. The summed E-state index contributed by atoms with van der Waals surface area (Å²) in [5, 5.41) is 19.0. The molecule has 1 aliphatic rings. The number of imidazole rings is 1. The summed E-state index contributed by atoms with van der Waals surface area (Å²) in [6.07, 6.45) is 0. The van der Waals surface area contributed by atoms with Crippen molar-refractivity contribution in [2.75, 3.05) is 13.2 Å². The smallest absolute Gasteiger partial charge is 0.338 e. The van der Waals surface area contributed by atoms with E-state index in [4.69, 9.17) is 10.1 Å². The van der Waals surface area contributed by atoms with E-state index < -0.39 is 0 Å². The number of carbonyl (C=O) groups excluding carboxylic acids is 1. The maximum atomic E-state index is 11.8. The molecule has 1 aromatic heterocycles. The van der Waals surface area contributed by atoms with Crippen LogP contribution in [0.4, 0.5) is 0 Å². The van der Waals surface area contributed by atoms with Gasteiger partial charge in [0.1, 0.15) is 17.4 Å². The van der Waals surface area contributed by atoms with Crippen LogP contribution in [0.15, 0.2) is 48.2 Å². The first kappa shape index (κ1) is 18.7. The van der Waals surface area contributed by atoms with Crippen LogP contribution in [-0.4, -0.2) is 44.9 Å². The average molecular weight is 390 g/mol. The molecule has 3 aromatic rings. The van der Waals surface area contributed by atoms with Gasteiger partial charge in [0.05, 0.1) is 35.3 Å². The van der Waals surface area contributed by atoms with Crippen molar-refractivity contribution >= 4 is 28.4 Å². The third-order valence-corrected chi connectivity index (χ3v) is 4.89. The van der Waals surface area contributed by atoms with E-state index in [1.165, 1.54) is 0 Å². The second kappa shape index (κ2) is 7.43. The number of nitrogens with one attached hydrogen (secondary N) is 2. The Kier molecular flexibility index (Phi) is 4.80. The van der Waals surface area contributed by atoms with E-state index in [1.807, 2.05) is 37.3 Å². The van der Waals surface area contributed by atoms with Gasteiger partial charge in [-0.15, -0.1) is 0 Å². The highest BCUT2D eigenvalue weighted by Gasteiger charge is 2.30. The fraction of sp³-hybridized carbons (Fsp3) is 0.227. The summed E-state index contributed by atoms with van der Waals surface area (Å²) in [6, 6.07) is 13.0. The SMILES string of the molecule is CCOC(=O)c1ccc(CN2CC(O)=C(c3nc4ccc(C)cc4[nH]3)C2=N)cc1. The summed E-state index contributed by atoms with van der Waals surface area (Å²) in [6.45, 7) is 4.79. The normalized spacial score (nSPS) is 14.1. The molecule has 2 heterocycles. The standard InChI is InChI=1S/C22H22N4O3/c1-3-29-22(28)15-7-5-14(6-8-15)11-26-12-18(27)19(20(26)23)21-24-16-9-4-13(2)10-17(16)25-21/h4-10,23,27H,3,11-12H2,1-2H3,(H,24,25). The molecule has 0 radical (unpaired) electrons. The number of amidine groups is 1. The van der Waals surface area contributed by atoms with Gasteiger partial charge in [0.15, 0.2) is 0 Å². The minimum absolute atomic E-state index is 0.119. The first-order chi connectivity index (χ1) is 14.0.